The van der Waals surface area contributed by atoms with Gasteiger partial charge in [-0.25, -0.2) is 4.79 Å². The summed E-state index contributed by atoms with van der Waals surface area (Å²) in [6.07, 6.45) is -0.335. The van der Waals surface area contributed by atoms with E-state index in [1.807, 2.05) is 48.5 Å². The van der Waals surface area contributed by atoms with Gasteiger partial charge in [-0.15, -0.1) is 0 Å². The van der Waals surface area contributed by atoms with Crippen molar-refractivity contribution in [1.82, 2.24) is 9.47 Å². The summed E-state index contributed by atoms with van der Waals surface area (Å²) >= 11 is 0. The number of carbonyl (C=O) groups excluding carboxylic acids is 1. The second-order valence-corrected chi connectivity index (χ2v) is 6.38. The highest BCUT2D eigenvalue weighted by Gasteiger charge is 2.31. The predicted molar refractivity (Wildman–Crippen MR) is 88.0 cm³/mol. The van der Waals surface area contributed by atoms with Crippen LogP contribution in [0.4, 0.5) is 4.79 Å². The Bertz CT molecular complexity index is 624. The molecule has 1 aliphatic rings. The average Bonchev–Trinajstić information content (AvgIpc) is 2.89. The van der Waals surface area contributed by atoms with E-state index < -0.39 is 5.60 Å². The molecule has 0 aromatic carbocycles. The highest BCUT2D eigenvalue weighted by molar-refractivity contribution is 5.69. The maximum absolute atomic E-state index is 12.1. The van der Waals surface area contributed by atoms with Crippen LogP contribution in [0.3, 0.4) is 0 Å². The Balaban J connectivity index is 0.00000116. The third kappa shape index (κ3) is 3.51. The molecule has 1 aromatic heterocycles. The van der Waals surface area contributed by atoms with Gasteiger partial charge in [0.1, 0.15) is 5.60 Å². The fourth-order valence-corrected chi connectivity index (χ4v) is 2.47. The molecule has 0 fully saturated rings. The largest absolute Gasteiger partial charge is 0.444 e. The van der Waals surface area contributed by atoms with Crippen molar-refractivity contribution in [3.05, 3.63) is 32.7 Å². The lowest BCUT2D eigenvalue weighted by molar-refractivity contribution is 0.0240. The summed E-state index contributed by atoms with van der Waals surface area (Å²) in [7, 11) is 1.76. The SMILES string of the molecule is CC.Cc1c2c(n(C)c(=O)c1C)CN(C(=O)OC(C)(C)C)C2. The van der Waals surface area contributed by atoms with E-state index >= 15 is 0 Å². The zero-order chi connectivity index (χ0) is 17.2. The van der Waals surface area contributed by atoms with E-state index in [9.17, 15) is 9.59 Å². The number of ether oxygens (including phenoxy) is 1. The summed E-state index contributed by atoms with van der Waals surface area (Å²) in [5.74, 6) is 0. The van der Waals surface area contributed by atoms with Crippen LogP contribution >= 0.6 is 0 Å². The molecule has 124 valence electrons. The number of aromatic nitrogens is 1. The molecule has 5 heteroatoms. The highest BCUT2D eigenvalue weighted by atomic mass is 16.6. The number of hydrogen-bond acceptors (Lipinski definition) is 3. The van der Waals surface area contributed by atoms with E-state index in [1.165, 1.54) is 0 Å². The van der Waals surface area contributed by atoms with Gasteiger partial charge in [0, 0.05) is 18.3 Å². The summed E-state index contributed by atoms with van der Waals surface area (Å²) in [6, 6.07) is 0. The van der Waals surface area contributed by atoms with Gasteiger partial charge in [0.05, 0.1) is 13.1 Å². The standard InChI is InChI=1S/C15H22N2O3.C2H6/c1-9-10(2)13(18)16(6)12-8-17(7-11(9)12)14(19)20-15(3,4)5;1-2/h7-8H2,1-6H3;1-2H3. The minimum absolute atomic E-state index is 0.00675. The Kier molecular flexibility index (Phi) is 5.44. The number of nitrogens with zero attached hydrogens (tertiary/aromatic N) is 2. The molecule has 0 saturated carbocycles. The second-order valence-electron chi connectivity index (χ2n) is 6.38. The van der Waals surface area contributed by atoms with Crippen LogP contribution in [0.5, 0.6) is 0 Å². The van der Waals surface area contributed by atoms with Crippen LogP contribution in [0.25, 0.3) is 0 Å². The van der Waals surface area contributed by atoms with Crippen molar-refractivity contribution in [3.8, 4) is 0 Å². The molecule has 5 nitrogen and oxygen atoms in total. The molecule has 0 bridgehead atoms. The maximum atomic E-state index is 12.1. The van der Waals surface area contributed by atoms with E-state index in [2.05, 4.69) is 0 Å². The van der Waals surface area contributed by atoms with Crippen LogP contribution in [0, 0.1) is 13.8 Å². The van der Waals surface area contributed by atoms with Gasteiger partial charge in [0.2, 0.25) is 0 Å². The van der Waals surface area contributed by atoms with Crippen LogP contribution in [0.2, 0.25) is 0 Å². The summed E-state index contributed by atoms with van der Waals surface area (Å²) < 4.78 is 7.03. The zero-order valence-electron chi connectivity index (χ0n) is 15.0. The van der Waals surface area contributed by atoms with Crippen LogP contribution in [-0.2, 0) is 24.9 Å². The van der Waals surface area contributed by atoms with Gasteiger partial charge < -0.3 is 9.30 Å². The lowest BCUT2D eigenvalue weighted by Gasteiger charge is -2.24. The summed E-state index contributed by atoms with van der Waals surface area (Å²) in [5.41, 5.74) is 3.20. The van der Waals surface area contributed by atoms with E-state index in [0.717, 1.165) is 22.4 Å². The van der Waals surface area contributed by atoms with Gasteiger partial charge >= 0.3 is 6.09 Å². The molecule has 1 amide bonds. The van der Waals surface area contributed by atoms with Gasteiger partial charge in [-0.2, -0.15) is 0 Å². The second kappa shape index (κ2) is 6.55. The van der Waals surface area contributed by atoms with E-state index in [0.29, 0.717) is 13.1 Å². The topological polar surface area (TPSA) is 51.5 Å². The number of amides is 1. The Labute approximate surface area is 132 Å². The predicted octanol–water partition coefficient (Wildman–Crippen LogP) is 3.28. The smallest absolute Gasteiger partial charge is 0.410 e. The fraction of sp³-hybridized carbons (Fsp3) is 0.647. The number of pyridine rings is 1. The van der Waals surface area contributed by atoms with Crippen LogP contribution in [-0.4, -0.2) is 21.2 Å². The van der Waals surface area contributed by atoms with Crippen molar-refractivity contribution in [2.45, 2.75) is 67.2 Å². The molecular weight excluding hydrogens is 280 g/mol. The lowest BCUT2D eigenvalue weighted by atomic mass is 10.0. The molecule has 0 aliphatic carbocycles. The van der Waals surface area contributed by atoms with Gasteiger partial charge in [-0.1, -0.05) is 13.8 Å². The third-order valence-electron chi connectivity index (χ3n) is 3.74. The molecule has 0 radical (unpaired) electrons. The minimum atomic E-state index is -0.511. The van der Waals surface area contributed by atoms with Crippen LogP contribution in [0.1, 0.15) is 57.0 Å². The monoisotopic (exact) mass is 308 g/mol. The first-order valence-corrected chi connectivity index (χ1v) is 7.77. The van der Waals surface area contributed by atoms with Gasteiger partial charge in [0.25, 0.3) is 5.56 Å². The first-order valence-electron chi connectivity index (χ1n) is 7.77. The Hall–Kier alpha value is -1.78. The quantitative estimate of drug-likeness (QED) is 0.739. The summed E-state index contributed by atoms with van der Waals surface area (Å²) in [6.45, 7) is 14.2. The van der Waals surface area contributed by atoms with Crippen LogP contribution < -0.4 is 5.56 Å². The van der Waals surface area contributed by atoms with E-state index in [1.54, 1.807) is 16.5 Å². The maximum Gasteiger partial charge on any atom is 0.410 e. The number of rotatable bonds is 0. The average molecular weight is 308 g/mol. The first kappa shape index (κ1) is 18.3. The molecule has 2 rings (SSSR count). The first-order chi connectivity index (χ1) is 10.1. The number of hydrogen-bond donors (Lipinski definition) is 0. The summed E-state index contributed by atoms with van der Waals surface area (Å²) in [4.78, 5) is 25.9. The van der Waals surface area contributed by atoms with E-state index in [4.69, 9.17) is 4.74 Å². The van der Waals surface area contributed by atoms with Crippen molar-refractivity contribution in [1.29, 1.82) is 0 Å². The molecule has 0 spiro atoms. The Morgan fingerprint density at radius 2 is 1.64 bits per heavy atom. The van der Waals surface area contributed by atoms with Gasteiger partial charge in [-0.05, 0) is 45.7 Å². The minimum Gasteiger partial charge on any atom is -0.444 e. The zero-order valence-corrected chi connectivity index (χ0v) is 15.0. The third-order valence-corrected chi connectivity index (χ3v) is 3.74. The van der Waals surface area contributed by atoms with Gasteiger partial charge in [-0.3, -0.25) is 9.69 Å². The van der Waals surface area contributed by atoms with E-state index in [-0.39, 0.29) is 11.7 Å². The van der Waals surface area contributed by atoms with Crippen molar-refractivity contribution >= 4 is 6.09 Å². The molecule has 0 N–H and O–H groups in total. The molecule has 0 unspecified atom stereocenters. The Morgan fingerprint density at radius 1 is 1.09 bits per heavy atom. The van der Waals surface area contributed by atoms with Crippen molar-refractivity contribution in [2.75, 3.05) is 0 Å². The Morgan fingerprint density at radius 3 is 2.14 bits per heavy atom. The number of fused-ring (bicyclic) bond motifs is 1. The lowest BCUT2D eigenvalue weighted by Crippen LogP contribution is -2.33. The summed E-state index contributed by atoms with van der Waals surface area (Å²) in [5, 5.41) is 0. The van der Waals surface area contributed by atoms with Crippen LogP contribution in [0.15, 0.2) is 4.79 Å². The van der Waals surface area contributed by atoms with Crippen molar-refractivity contribution < 1.29 is 9.53 Å². The molecule has 0 saturated heterocycles. The van der Waals surface area contributed by atoms with Crippen molar-refractivity contribution in [3.63, 3.8) is 0 Å². The van der Waals surface area contributed by atoms with Crippen molar-refractivity contribution in [2.24, 2.45) is 7.05 Å². The molecule has 2 heterocycles. The highest BCUT2D eigenvalue weighted by Crippen LogP contribution is 2.27. The number of carbonyl (C=O) groups is 1. The molecule has 22 heavy (non-hydrogen) atoms. The molecule has 0 atom stereocenters. The molecule has 1 aromatic rings. The fourth-order valence-electron chi connectivity index (χ4n) is 2.47. The van der Waals surface area contributed by atoms with Gasteiger partial charge in [0.15, 0.2) is 0 Å². The normalized spacial score (nSPS) is 13.4. The molecule has 1 aliphatic heterocycles. The molecular formula is C17H28N2O3.